The van der Waals surface area contributed by atoms with Crippen LogP contribution in [0, 0.1) is 5.92 Å². The van der Waals surface area contributed by atoms with Gasteiger partial charge in [-0.25, -0.2) is 0 Å². The number of nitrogens with zero attached hydrogens (tertiary/aromatic N) is 2. The van der Waals surface area contributed by atoms with Crippen LogP contribution in [0.4, 0.5) is 0 Å². The largest absolute Gasteiger partial charge is 0.396 e. The summed E-state index contributed by atoms with van der Waals surface area (Å²) in [5.41, 5.74) is 0. The van der Waals surface area contributed by atoms with Crippen LogP contribution in [-0.2, 0) is 6.54 Å². The van der Waals surface area contributed by atoms with Crippen molar-refractivity contribution in [2.75, 3.05) is 26.7 Å². The molecule has 22 heavy (non-hydrogen) atoms. The van der Waals surface area contributed by atoms with E-state index >= 15 is 0 Å². The summed E-state index contributed by atoms with van der Waals surface area (Å²) in [7, 11) is 2.07. The first-order chi connectivity index (χ1) is 10.6. The fourth-order valence-corrected chi connectivity index (χ4v) is 3.89. The molecule has 0 saturated carbocycles. The minimum atomic E-state index is 0.246. The monoisotopic (exact) mass is 389 g/mol. The number of rotatable bonds is 9. The Bertz CT molecular complexity index is 444. The highest BCUT2D eigenvalue weighted by molar-refractivity contribution is 9.11. The van der Waals surface area contributed by atoms with Crippen molar-refractivity contribution < 1.29 is 5.11 Å². The van der Waals surface area contributed by atoms with Crippen molar-refractivity contribution in [1.82, 2.24) is 10.2 Å². The molecule has 1 heterocycles. The first-order valence-electron chi connectivity index (χ1n) is 7.95. The smallest absolute Gasteiger partial charge is 0.193 e. The lowest BCUT2D eigenvalue weighted by atomic mass is 10.0. The van der Waals surface area contributed by atoms with Crippen LogP contribution in [0.15, 0.2) is 20.9 Å². The first kappa shape index (κ1) is 19.5. The zero-order valence-corrected chi connectivity index (χ0v) is 16.2. The molecule has 4 nitrogen and oxygen atoms in total. The van der Waals surface area contributed by atoms with Crippen molar-refractivity contribution in [3.8, 4) is 0 Å². The van der Waals surface area contributed by atoms with Crippen LogP contribution in [0.1, 0.15) is 38.0 Å². The number of thiophene rings is 1. The van der Waals surface area contributed by atoms with E-state index in [-0.39, 0.29) is 6.61 Å². The van der Waals surface area contributed by atoms with Gasteiger partial charge >= 0.3 is 0 Å². The molecule has 0 spiro atoms. The third-order valence-corrected chi connectivity index (χ3v) is 5.06. The summed E-state index contributed by atoms with van der Waals surface area (Å²) in [5, 5.41) is 12.5. The Morgan fingerprint density at radius 3 is 2.73 bits per heavy atom. The Kier molecular flexibility index (Phi) is 9.75. The quantitative estimate of drug-likeness (QED) is 0.499. The summed E-state index contributed by atoms with van der Waals surface area (Å²) in [4.78, 5) is 8.23. The lowest BCUT2D eigenvalue weighted by molar-refractivity contribution is 0.253. The van der Waals surface area contributed by atoms with Crippen LogP contribution >= 0.6 is 27.3 Å². The van der Waals surface area contributed by atoms with Gasteiger partial charge in [0.25, 0.3) is 0 Å². The molecule has 126 valence electrons. The van der Waals surface area contributed by atoms with E-state index in [2.05, 4.69) is 59.2 Å². The second-order valence-corrected chi connectivity index (χ2v) is 7.97. The van der Waals surface area contributed by atoms with Gasteiger partial charge in [-0.05, 0) is 53.7 Å². The van der Waals surface area contributed by atoms with E-state index in [0.717, 1.165) is 48.6 Å². The van der Waals surface area contributed by atoms with Crippen LogP contribution in [-0.4, -0.2) is 42.7 Å². The van der Waals surface area contributed by atoms with E-state index in [0.29, 0.717) is 5.92 Å². The minimum Gasteiger partial charge on any atom is -0.396 e. The molecular weight excluding hydrogens is 362 g/mol. The van der Waals surface area contributed by atoms with Gasteiger partial charge in [-0.2, -0.15) is 0 Å². The molecule has 1 aromatic rings. The fourth-order valence-electron chi connectivity index (χ4n) is 2.35. The third kappa shape index (κ3) is 7.11. The van der Waals surface area contributed by atoms with Crippen molar-refractivity contribution in [2.45, 2.75) is 39.7 Å². The van der Waals surface area contributed by atoms with Gasteiger partial charge in [-0.3, -0.25) is 4.99 Å². The molecule has 1 rings (SSSR count). The maximum absolute atomic E-state index is 9.16. The van der Waals surface area contributed by atoms with Gasteiger partial charge < -0.3 is 15.3 Å². The molecule has 1 atom stereocenters. The fraction of sp³-hybridized carbons (Fsp3) is 0.688. The van der Waals surface area contributed by atoms with E-state index in [9.17, 15) is 0 Å². The van der Waals surface area contributed by atoms with Crippen molar-refractivity contribution in [2.24, 2.45) is 10.9 Å². The molecule has 0 aliphatic heterocycles. The zero-order chi connectivity index (χ0) is 16.4. The molecule has 0 aliphatic carbocycles. The lowest BCUT2D eigenvalue weighted by Gasteiger charge is -2.22. The number of guanidine groups is 1. The van der Waals surface area contributed by atoms with Crippen LogP contribution < -0.4 is 5.32 Å². The van der Waals surface area contributed by atoms with Gasteiger partial charge in [0.05, 0.1) is 10.3 Å². The predicted molar refractivity (Wildman–Crippen MR) is 99.6 cm³/mol. The van der Waals surface area contributed by atoms with Gasteiger partial charge in [0.15, 0.2) is 5.96 Å². The minimum absolute atomic E-state index is 0.246. The number of aliphatic imine (C=N–C) groups is 1. The van der Waals surface area contributed by atoms with Gasteiger partial charge in [0.1, 0.15) is 0 Å². The summed E-state index contributed by atoms with van der Waals surface area (Å²) in [6.45, 7) is 6.99. The van der Waals surface area contributed by atoms with Crippen LogP contribution in [0.2, 0.25) is 0 Å². The second kappa shape index (κ2) is 11.0. The summed E-state index contributed by atoms with van der Waals surface area (Å²) >= 11 is 5.26. The second-order valence-electron chi connectivity index (χ2n) is 5.42. The van der Waals surface area contributed by atoms with Crippen LogP contribution in [0.3, 0.4) is 0 Å². The molecule has 0 amide bonds. The lowest BCUT2D eigenvalue weighted by Crippen LogP contribution is -2.38. The Labute approximate surface area is 146 Å². The van der Waals surface area contributed by atoms with Crippen molar-refractivity contribution in [3.05, 3.63) is 20.8 Å². The summed E-state index contributed by atoms with van der Waals surface area (Å²) < 4.78 is 1.16. The zero-order valence-electron chi connectivity index (χ0n) is 13.8. The summed E-state index contributed by atoms with van der Waals surface area (Å²) in [5.74, 6) is 1.40. The summed E-state index contributed by atoms with van der Waals surface area (Å²) in [6.07, 6.45) is 3.08. The maximum atomic E-state index is 9.16. The maximum Gasteiger partial charge on any atom is 0.193 e. The van der Waals surface area contributed by atoms with E-state index in [1.165, 1.54) is 4.88 Å². The number of aliphatic hydroxyl groups excluding tert-OH is 1. The van der Waals surface area contributed by atoms with E-state index < -0.39 is 0 Å². The van der Waals surface area contributed by atoms with Crippen LogP contribution in [0.5, 0.6) is 0 Å². The SMILES string of the molecule is CCCC(CCO)CN=C(NCC)N(C)Cc1ccc(Br)s1. The molecule has 1 aromatic heterocycles. The topological polar surface area (TPSA) is 47.9 Å². The first-order valence-corrected chi connectivity index (χ1v) is 9.56. The Morgan fingerprint density at radius 1 is 1.41 bits per heavy atom. The number of hydrogen-bond donors (Lipinski definition) is 2. The Balaban J connectivity index is 2.66. The number of nitrogens with one attached hydrogen (secondary N) is 1. The Morgan fingerprint density at radius 2 is 2.18 bits per heavy atom. The van der Waals surface area contributed by atoms with E-state index in [1.54, 1.807) is 11.3 Å². The Hall–Kier alpha value is -0.590. The molecule has 0 fully saturated rings. The van der Waals surface area contributed by atoms with Gasteiger partial charge in [-0.1, -0.05) is 13.3 Å². The highest BCUT2D eigenvalue weighted by Gasteiger charge is 2.11. The third-order valence-electron chi connectivity index (χ3n) is 3.45. The average molecular weight is 390 g/mol. The molecule has 0 bridgehead atoms. The van der Waals surface area contributed by atoms with Crippen molar-refractivity contribution >= 4 is 33.2 Å². The molecule has 0 radical (unpaired) electrons. The van der Waals surface area contributed by atoms with Gasteiger partial charge in [0, 0.05) is 31.6 Å². The van der Waals surface area contributed by atoms with E-state index in [1.807, 2.05) is 0 Å². The molecule has 0 aliphatic rings. The van der Waals surface area contributed by atoms with Gasteiger partial charge in [-0.15, -0.1) is 11.3 Å². The molecule has 6 heteroatoms. The molecule has 2 N–H and O–H groups in total. The number of hydrogen-bond acceptors (Lipinski definition) is 3. The molecular formula is C16H28BrN3OS. The van der Waals surface area contributed by atoms with E-state index in [4.69, 9.17) is 10.1 Å². The highest BCUT2D eigenvalue weighted by atomic mass is 79.9. The number of aliphatic hydroxyl groups is 1. The average Bonchev–Trinajstić information content (AvgIpc) is 2.88. The standard InChI is InChI=1S/C16H28BrN3OS/c1-4-6-13(9-10-21)11-19-16(18-5-2)20(3)12-14-7-8-15(17)22-14/h7-8,13,21H,4-6,9-12H2,1-3H3,(H,18,19). The number of halogens is 1. The highest BCUT2D eigenvalue weighted by Crippen LogP contribution is 2.23. The molecule has 1 unspecified atom stereocenters. The van der Waals surface area contributed by atoms with Crippen molar-refractivity contribution in [1.29, 1.82) is 0 Å². The molecule has 0 aromatic carbocycles. The van der Waals surface area contributed by atoms with Crippen LogP contribution in [0.25, 0.3) is 0 Å². The molecule has 0 saturated heterocycles. The normalized spacial score (nSPS) is 13.2. The van der Waals surface area contributed by atoms with Gasteiger partial charge in [0.2, 0.25) is 0 Å². The summed E-state index contributed by atoms with van der Waals surface area (Å²) in [6, 6.07) is 4.22. The predicted octanol–water partition coefficient (Wildman–Crippen LogP) is 3.71. The van der Waals surface area contributed by atoms with Crippen molar-refractivity contribution in [3.63, 3.8) is 0 Å².